The predicted molar refractivity (Wildman–Crippen MR) is 82.9 cm³/mol. The molecule has 0 aliphatic carbocycles. The number of rotatable bonds is 8. The van der Waals surface area contributed by atoms with Gasteiger partial charge in [0.15, 0.2) is 0 Å². The fourth-order valence-corrected chi connectivity index (χ4v) is 1.95. The van der Waals surface area contributed by atoms with Crippen LogP contribution in [0.2, 0.25) is 5.02 Å². The van der Waals surface area contributed by atoms with Crippen molar-refractivity contribution < 1.29 is 19.4 Å². The van der Waals surface area contributed by atoms with Gasteiger partial charge in [0.1, 0.15) is 12.4 Å². The van der Waals surface area contributed by atoms with Crippen molar-refractivity contribution in [2.75, 3.05) is 25.6 Å². The number of carbonyl (C=O) groups is 1. The Kier molecular flexibility index (Phi) is 7.50. The van der Waals surface area contributed by atoms with Crippen LogP contribution in [-0.4, -0.2) is 37.4 Å². The van der Waals surface area contributed by atoms with Crippen molar-refractivity contribution in [2.45, 2.75) is 26.4 Å². The van der Waals surface area contributed by atoms with Crippen molar-refractivity contribution in [1.29, 1.82) is 0 Å². The van der Waals surface area contributed by atoms with Gasteiger partial charge in [-0.3, -0.25) is 4.79 Å². The molecule has 0 aliphatic heterocycles. The molecule has 0 spiro atoms. The van der Waals surface area contributed by atoms with Crippen LogP contribution in [-0.2, 0) is 9.53 Å². The molecule has 1 amide bonds. The average molecular weight is 316 g/mol. The Bertz CT molecular complexity index is 467. The zero-order chi connectivity index (χ0) is 15.8. The molecular formula is C15H22ClNO4. The Morgan fingerprint density at radius 3 is 2.71 bits per heavy atom. The van der Waals surface area contributed by atoms with Gasteiger partial charge in [-0.15, -0.1) is 0 Å². The fraction of sp³-hybridized carbons (Fsp3) is 0.533. The first kappa shape index (κ1) is 17.8. The molecule has 6 heteroatoms. The molecule has 0 saturated heterocycles. The van der Waals surface area contributed by atoms with Crippen LogP contribution in [0.4, 0.5) is 5.69 Å². The number of benzene rings is 1. The van der Waals surface area contributed by atoms with E-state index in [2.05, 4.69) is 5.32 Å². The van der Waals surface area contributed by atoms with Gasteiger partial charge in [0.05, 0.1) is 23.7 Å². The minimum atomic E-state index is -0.655. The van der Waals surface area contributed by atoms with Gasteiger partial charge in [-0.25, -0.2) is 0 Å². The molecule has 5 nitrogen and oxygen atoms in total. The van der Waals surface area contributed by atoms with Crippen LogP contribution in [0.3, 0.4) is 0 Å². The van der Waals surface area contributed by atoms with Crippen LogP contribution in [0.1, 0.15) is 20.3 Å². The largest absolute Gasteiger partial charge is 0.490 e. The number of ether oxygens (including phenoxy) is 2. The second-order valence-electron chi connectivity index (χ2n) is 4.74. The SMILES string of the molecule is CCC(O)C(C)C(=O)Nc1ccc(OCCOC)c(Cl)c1. The molecule has 2 unspecified atom stereocenters. The van der Waals surface area contributed by atoms with E-state index in [4.69, 9.17) is 21.1 Å². The van der Waals surface area contributed by atoms with E-state index in [0.717, 1.165) is 0 Å². The van der Waals surface area contributed by atoms with E-state index in [9.17, 15) is 9.90 Å². The van der Waals surface area contributed by atoms with Gasteiger partial charge in [0.25, 0.3) is 0 Å². The Balaban J connectivity index is 2.65. The molecule has 0 aliphatic rings. The van der Waals surface area contributed by atoms with Crippen LogP contribution in [0.5, 0.6) is 5.75 Å². The van der Waals surface area contributed by atoms with Crippen LogP contribution in [0.15, 0.2) is 18.2 Å². The summed E-state index contributed by atoms with van der Waals surface area (Å²) in [6, 6.07) is 5.01. The lowest BCUT2D eigenvalue weighted by atomic mass is 10.0. The molecular weight excluding hydrogens is 294 g/mol. The summed E-state index contributed by atoms with van der Waals surface area (Å²) in [7, 11) is 1.59. The minimum Gasteiger partial charge on any atom is -0.490 e. The Labute approximate surface area is 130 Å². The molecule has 1 aromatic carbocycles. The van der Waals surface area contributed by atoms with Gasteiger partial charge in [-0.2, -0.15) is 0 Å². The third-order valence-electron chi connectivity index (χ3n) is 3.15. The third kappa shape index (κ3) is 5.53. The summed E-state index contributed by atoms with van der Waals surface area (Å²) in [6.45, 7) is 4.40. The van der Waals surface area contributed by atoms with E-state index in [0.29, 0.717) is 36.1 Å². The van der Waals surface area contributed by atoms with Gasteiger partial charge >= 0.3 is 0 Å². The Morgan fingerprint density at radius 2 is 2.14 bits per heavy atom. The summed E-state index contributed by atoms with van der Waals surface area (Å²) in [5.74, 6) is -0.187. The lowest BCUT2D eigenvalue weighted by molar-refractivity contribution is -0.122. The average Bonchev–Trinajstić information content (AvgIpc) is 2.48. The molecule has 0 aromatic heterocycles. The summed E-state index contributed by atoms with van der Waals surface area (Å²) in [5.41, 5.74) is 0.569. The van der Waals surface area contributed by atoms with Gasteiger partial charge in [0, 0.05) is 12.8 Å². The Hall–Kier alpha value is -1.30. The number of hydrogen-bond acceptors (Lipinski definition) is 4. The highest BCUT2D eigenvalue weighted by Gasteiger charge is 2.20. The van der Waals surface area contributed by atoms with Gasteiger partial charge in [-0.1, -0.05) is 25.4 Å². The third-order valence-corrected chi connectivity index (χ3v) is 3.45. The Morgan fingerprint density at radius 1 is 1.43 bits per heavy atom. The van der Waals surface area contributed by atoms with Gasteiger partial charge in [0.2, 0.25) is 5.91 Å². The number of hydrogen-bond donors (Lipinski definition) is 2. The maximum Gasteiger partial charge on any atom is 0.229 e. The first-order valence-corrected chi connectivity index (χ1v) is 7.27. The number of anilines is 1. The van der Waals surface area contributed by atoms with E-state index in [-0.39, 0.29) is 5.91 Å². The van der Waals surface area contributed by atoms with E-state index >= 15 is 0 Å². The number of halogens is 1. The lowest BCUT2D eigenvalue weighted by Crippen LogP contribution is -2.30. The second kappa shape index (κ2) is 8.87. The molecule has 0 fully saturated rings. The zero-order valence-electron chi connectivity index (χ0n) is 12.6. The highest BCUT2D eigenvalue weighted by atomic mass is 35.5. The van der Waals surface area contributed by atoms with Crippen LogP contribution < -0.4 is 10.1 Å². The standard InChI is InChI=1S/C15H22ClNO4/c1-4-13(18)10(2)15(19)17-11-5-6-14(12(16)9-11)21-8-7-20-3/h5-6,9-10,13,18H,4,7-8H2,1-3H3,(H,17,19). The first-order valence-electron chi connectivity index (χ1n) is 6.89. The maximum atomic E-state index is 12.0. The molecule has 0 bridgehead atoms. The summed E-state index contributed by atoms with van der Waals surface area (Å²) < 4.78 is 10.3. The topological polar surface area (TPSA) is 67.8 Å². The number of aliphatic hydroxyl groups excluding tert-OH is 1. The maximum absolute atomic E-state index is 12.0. The molecule has 1 rings (SSSR count). The molecule has 118 valence electrons. The van der Waals surface area contributed by atoms with Crippen molar-refractivity contribution in [3.8, 4) is 5.75 Å². The van der Waals surface area contributed by atoms with E-state index < -0.39 is 12.0 Å². The van der Waals surface area contributed by atoms with Crippen molar-refractivity contribution in [3.05, 3.63) is 23.2 Å². The van der Waals surface area contributed by atoms with Crippen LogP contribution in [0, 0.1) is 5.92 Å². The number of carbonyl (C=O) groups excluding carboxylic acids is 1. The van der Waals surface area contributed by atoms with Crippen LogP contribution >= 0.6 is 11.6 Å². The molecule has 1 aromatic rings. The van der Waals surface area contributed by atoms with Gasteiger partial charge < -0.3 is 19.9 Å². The zero-order valence-corrected chi connectivity index (χ0v) is 13.3. The molecule has 0 heterocycles. The summed E-state index contributed by atoms with van der Waals surface area (Å²) >= 11 is 6.09. The number of aliphatic hydroxyl groups is 1. The van der Waals surface area contributed by atoms with Gasteiger partial charge in [-0.05, 0) is 24.6 Å². The number of amides is 1. The predicted octanol–water partition coefficient (Wildman–Crippen LogP) is 2.71. The highest BCUT2D eigenvalue weighted by molar-refractivity contribution is 6.32. The molecule has 2 N–H and O–H groups in total. The van der Waals surface area contributed by atoms with Crippen molar-refractivity contribution in [2.24, 2.45) is 5.92 Å². The monoisotopic (exact) mass is 315 g/mol. The van der Waals surface area contributed by atoms with E-state index in [1.165, 1.54) is 0 Å². The fourth-order valence-electron chi connectivity index (χ4n) is 1.71. The lowest BCUT2D eigenvalue weighted by Gasteiger charge is -2.17. The molecule has 2 atom stereocenters. The highest BCUT2D eigenvalue weighted by Crippen LogP contribution is 2.28. The first-order chi connectivity index (χ1) is 9.99. The normalized spacial score (nSPS) is 13.6. The number of nitrogens with one attached hydrogen (secondary N) is 1. The van der Waals surface area contributed by atoms with E-state index in [1.54, 1.807) is 32.2 Å². The summed E-state index contributed by atoms with van der Waals surface area (Å²) in [4.78, 5) is 12.0. The van der Waals surface area contributed by atoms with E-state index in [1.807, 2.05) is 6.92 Å². The van der Waals surface area contributed by atoms with Crippen molar-refractivity contribution in [1.82, 2.24) is 0 Å². The smallest absolute Gasteiger partial charge is 0.229 e. The van der Waals surface area contributed by atoms with Crippen molar-refractivity contribution in [3.63, 3.8) is 0 Å². The summed E-state index contributed by atoms with van der Waals surface area (Å²) in [5, 5.41) is 12.8. The van der Waals surface area contributed by atoms with Crippen LogP contribution in [0.25, 0.3) is 0 Å². The quantitative estimate of drug-likeness (QED) is 0.724. The molecule has 21 heavy (non-hydrogen) atoms. The minimum absolute atomic E-state index is 0.242. The summed E-state index contributed by atoms with van der Waals surface area (Å²) in [6.07, 6.45) is -0.126. The number of methoxy groups -OCH3 is 1. The van der Waals surface area contributed by atoms with Crippen molar-refractivity contribution >= 4 is 23.2 Å². The molecule has 0 saturated carbocycles. The second-order valence-corrected chi connectivity index (χ2v) is 5.15. The molecule has 0 radical (unpaired) electrons.